The maximum atomic E-state index is 13.1. The molecule has 0 saturated carbocycles. The SMILES string of the molecule is Cc1cc(C)c(S(=O)(=O)N[C@@H](Cc2ccc(-c3cccc(NC(=O)NCC(C)C)c3)cc2)C(=O)O)c(C)c1. The zero-order valence-electron chi connectivity index (χ0n) is 22.3. The number of rotatable bonds is 10. The molecular weight excluding hydrogens is 502 g/mol. The minimum atomic E-state index is -4.05. The third-order valence-electron chi connectivity index (χ3n) is 5.99. The van der Waals surface area contributed by atoms with Gasteiger partial charge >= 0.3 is 12.0 Å². The van der Waals surface area contributed by atoms with Crippen molar-refractivity contribution in [3.63, 3.8) is 0 Å². The number of carboxylic acids is 1. The average Bonchev–Trinajstić information content (AvgIpc) is 2.82. The van der Waals surface area contributed by atoms with Crippen LogP contribution in [0.1, 0.15) is 36.1 Å². The molecule has 202 valence electrons. The van der Waals surface area contributed by atoms with Crippen LogP contribution in [0.15, 0.2) is 65.6 Å². The van der Waals surface area contributed by atoms with Crippen molar-refractivity contribution >= 4 is 27.7 Å². The van der Waals surface area contributed by atoms with Gasteiger partial charge < -0.3 is 15.7 Å². The van der Waals surface area contributed by atoms with Crippen LogP contribution < -0.4 is 15.4 Å². The van der Waals surface area contributed by atoms with Gasteiger partial charge in [0.15, 0.2) is 0 Å². The molecule has 3 aromatic rings. The van der Waals surface area contributed by atoms with Gasteiger partial charge in [-0.1, -0.05) is 67.9 Å². The quantitative estimate of drug-likeness (QED) is 0.289. The zero-order chi connectivity index (χ0) is 28.0. The molecule has 0 heterocycles. The van der Waals surface area contributed by atoms with Crippen molar-refractivity contribution in [3.8, 4) is 11.1 Å². The van der Waals surface area contributed by atoms with Crippen LogP contribution in [0.4, 0.5) is 10.5 Å². The van der Waals surface area contributed by atoms with Gasteiger partial charge in [-0.3, -0.25) is 4.79 Å². The standard InChI is InChI=1S/C29H35N3O5S/c1-18(2)17-30-29(35)31-25-8-6-7-24(16-25)23-11-9-22(10-12-23)15-26(28(33)34)32-38(36,37)27-20(4)13-19(3)14-21(27)5/h6-14,16,18,26,32H,15,17H2,1-5H3,(H,33,34)(H2,30,31,35)/t26-/m0/s1. The van der Waals surface area contributed by atoms with E-state index in [1.165, 1.54) is 0 Å². The molecule has 2 amide bonds. The van der Waals surface area contributed by atoms with E-state index in [9.17, 15) is 23.1 Å². The van der Waals surface area contributed by atoms with E-state index in [1.54, 1.807) is 44.2 Å². The van der Waals surface area contributed by atoms with Crippen molar-refractivity contribution in [1.29, 1.82) is 0 Å². The number of hydrogen-bond acceptors (Lipinski definition) is 4. The molecule has 0 unspecified atom stereocenters. The highest BCUT2D eigenvalue weighted by Gasteiger charge is 2.28. The third-order valence-corrected chi connectivity index (χ3v) is 7.76. The maximum absolute atomic E-state index is 13.1. The van der Waals surface area contributed by atoms with Crippen molar-refractivity contribution < 1.29 is 23.1 Å². The monoisotopic (exact) mass is 537 g/mol. The van der Waals surface area contributed by atoms with Crippen LogP contribution in [0.2, 0.25) is 0 Å². The first-order chi connectivity index (χ1) is 17.9. The number of carbonyl (C=O) groups excluding carboxylic acids is 1. The number of nitrogens with one attached hydrogen (secondary N) is 3. The number of sulfonamides is 1. The maximum Gasteiger partial charge on any atom is 0.322 e. The molecular formula is C29H35N3O5S. The Labute approximate surface area is 224 Å². The van der Waals surface area contributed by atoms with Crippen LogP contribution >= 0.6 is 0 Å². The van der Waals surface area contributed by atoms with Crippen molar-refractivity contribution in [2.45, 2.75) is 52.0 Å². The normalized spacial score (nSPS) is 12.3. The van der Waals surface area contributed by atoms with Crippen molar-refractivity contribution in [2.24, 2.45) is 5.92 Å². The number of anilines is 1. The Bertz CT molecular complexity index is 1390. The van der Waals surface area contributed by atoms with E-state index in [0.717, 1.165) is 16.7 Å². The molecule has 4 N–H and O–H groups in total. The summed E-state index contributed by atoms with van der Waals surface area (Å²) < 4.78 is 28.6. The van der Waals surface area contributed by atoms with Gasteiger partial charge in [-0.25, -0.2) is 13.2 Å². The number of hydrogen-bond donors (Lipinski definition) is 4. The fourth-order valence-corrected chi connectivity index (χ4v) is 5.98. The lowest BCUT2D eigenvalue weighted by Gasteiger charge is -2.18. The summed E-state index contributed by atoms with van der Waals surface area (Å²) in [5.41, 5.74) is 5.13. The largest absolute Gasteiger partial charge is 0.480 e. The highest BCUT2D eigenvalue weighted by Crippen LogP contribution is 2.25. The van der Waals surface area contributed by atoms with Crippen LogP contribution in [0.5, 0.6) is 0 Å². The zero-order valence-corrected chi connectivity index (χ0v) is 23.1. The molecule has 0 aliphatic heterocycles. The Morgan fingerprint density at radius 1 is 0.895 bits per heavy atom. The van der Waals surface area contributed by atoms with Gasteiger partial charge in [-0.05, 0) is 73.1 Å². The summed E-state index contributed by atoms with van der Waals surface area (Å²) in [7, 11) is -4.05. The number of carboxylic acid groups (broad SMARTS) is 1. The van der Waals surface area contributed by atoms with E-state index in [2.05, 4.69) is 15.4 Å². The highest BCUT2D eigenvalue weighted by molar-refractivity contribution is 7.89. The van der Waals surface area contributed by atoms with Gasteiger partial charge in [0, 0.05) is 12.2 Å². The summed E-state index contributed by atoms with van der Waals surface area (Å²) in [5.74, 6) is -0.910. The first kappa shape index (κ1) is 28.9. The Morgan fingerprint density at radius 2 is 1.53 bits per heavy atom. The molecule has 0 aliphatic rings. The number of aryl methyl sites for hydroxylation is 3. The fourth-order valence-electron chi connectivity index (χ4n) is 4.33. The molecule has 0 radical (unpaired) electrons. The van der Waals surface area contributed by atoms with Crippen LogP contribution in [0.25, 0.3) is 11.1 Å². The number of urea groups is 1. The summed E-state index contributed by atoms with van der Waals surface area (Å²) in [6, 6.07) is 16.6. The minimum absolute atomic E-state index is 0.0174. The second-order valence-corrected chi connectivity index (χ2v) is 11.6. The summed E-state index contributed by atoms with van der Waals surface area (Å²) >= 11 is 0. The van der Waals surface area contributed by atoms with E-state index in [4.69, 9.17) is 0 Å². The van der Waals surface area contributed by atoms with E-state index >= 15 is 0 Å². The number of benzene rings is 3. The van der Waals surface area contributed by atoms with Crippen LogP contribution in [0, 0.1) is 26.7 Å². The van der Waals surface area contributed by atoms with Gasteiger partial charge in [-0.15, -0.1) is 0 Å². The second kappa shape index (κ2) is 12.2. The van der Waals surface area contributed by atoms with Crippen LogP contribution in [-0.4, -0.2) is 38.1 Å². The molecule has 8 nitrogen and oxygen atoms in total. The van der Waals surface area contributed by atoms with Crippen molar-refractivity contribution in [3.05, 3.63) is 82.9 Å². The molecule has 0 fully saturated rings. The lowest BCUT2D eigenvalue weighted by atomic mass is 10.0. The lowest BCUT2D eigenvalue weighted by Crippen LogP contribution is -2.42. The Morgan fingerprint density at radius 3 is 2.11 bits per heavy atom. The van der Waals surface area contributed by atoms with Gasteiger partial charge in [0.05, 0.1) is 4.90 Å². The molecule has 3 aromatic carbocycles. The Hall–Kier alpha value is -3.69. The molecule has 9 heteroatoms. The molecule has 0 aromatic heterocycles. The second-order valence-electron chi connectivity index (χ2n) is 9.95. The minimum Gasteiger partial charge on any atom is -0.480 e. The molecule has 1 atom stereocenters. The Balaban J connectivity index is 1.74. The van der Waals surface area contributed by atoms with E-state index in [-0.39, 0.29) is 17.3 Å². The summed E-state index contributed by atoms with van der Waals surface area (Å²) in [6.07, 6.45) is -0.0174. The van der Waals surface area contributed by atoms with E-state index in [1.807, 2.05) is 51.1 Å². The number of aliphatic carboxylic acids is 1. The van der Waals surface area contributed by atoms with Crippen molar-refractivity contribution in [1.82, 2.24) is 10.0 Å². The van der Waals surface area contributed by atoms with E-state index in [0.29, 0.717) is 34.8 Å². The first-order valence-electron chi connectivity index (χ1n) is 12.4. The van der Waals surface area contributed by atoms with Crippen molar-refractivity contribution in [2.75, 3.05) is 11.9 Å². The predicted octanol–water partition coefficient (Wildman–Crippen LogP) is 5.03. The summed E-state index contributed by atoms with van der Waals surface area (Å²) in [5, 5.41) is 15.4. The van der Waals surface area contributed by atoms with E-state index < -0.39 is 22.0 Å². The molecule has 0 bridgehead atoms. The molecule has 0 aliphatic carbocycles. The smallest absolute Gasteiger partial charge is 0.322 e. The van der Waals surface area contributed by atoms with Gasteiger partial charge in [-0.2, -0.15) is 4.72 Å². The third kappa shape index (κ3) is 7.66. The lowest BCUT2D eigenvalue weighted by molar-refractivity contribution is -0.138. The van der Waals surface area contributed by atoms with Crippen LogP contribution in [-0.2, 0) is 21.2 Å². The van der Waals surface area contributed by atoms with Gasteiger partial charge in [0.1, 0.15) is 6.04 Å². The fraction of sp³-hybridized carbons (Fsp3) is 0.310. The Kier molecular flexibility index (Phi) is 9.30. The predicted molar refractivity (Wildman–Crippen MR) is 150 cm³/mol. The molecule has 3 rings (SSSR count). The number of carbonyl (C=O) groups is 2. The molecule has 0 saturated heterocycles. The molecule has 38 heavy (non-hydrogen) atoms. The van der Waals surface area contributed by atoms with Gasteiger partial charge in [0.2, 0.25) is 10.0 Å². The van der Waals surface area contributed by atoms with Gasteiger partial charge in [0.25, 0.3) is 0 Å². The first-order valence-corrected chi connectivity index (χ1v) is 13.9. The summed E-state index contributed by atoms with van der Waals surface area (Å²) in [6.45, 7) is 9.89. The highest BCUT2D eigenvalue weighted by atomic mass is 32.2. The van der Waals surface area contributed by atoms with Crippen LogP contribution in [0.3, 0.4) is 0 Å². The molecule has 0 spiro atoms. The summed E-state index contributed by atoms with van der Waals surface area (Å²) in [4.78, 5) is 24.2. The number of amides is 2. The topological polar surface area (TPSA) is 125 Å². The average molecular weight is 538 g/mol.